The molecule has 1 heterocycles. The molecule has 0 radical (unpaired) electrons. The number of halogens is 2. The van der Waals surface area contributed by atoms with Crippen molar-refractivity contribution < 1.29 is 23.9 Å². The molecule has 1 fully saturated rings. The maximum absolute atomic E-state index is 14.6. The number of alkyl halides is 2. The van der Waals surface area contributed by atoms with Crippen LogP contribution in [0.1, 0.15) is 45.1 Å². The zero-order valence-electron chi connectivity index (χ0n) is 23.7. The molecule has 2 amide bonds. The van der Waals surface area contributed by atoms with Crippen LogP contribution in [-0.2, 0) is 35.3 Å². The fraction of sp³-hybridized carbons (Fsp3) is 0.222. The second-order valence-electron chi connectivity index (χ2n) is 11.5. The van der Waals surface area contributed by atoms with Crippen LogP contribution >= 0.6 is 23.2 Å². The van der Waals surface area contributed by atoms with Gasteiger partial charge in [0.25, 0.3) is 0 Å². The van der Waals surface area contributed by atoms with E-state index in [1.54, 1.807) is 42.5 Å². The van der Waals surface area contributed by atoms with Gasteiger partial charge in [0.1, 0.15) is 15.8 Å². The number of rotatable bonds is 7. The van der Waals surface area contributed by atoms with Gasteiger partial charge in [-0.2, -0.15) is 0 Å². The van der Waals surface area contributed by atoms with Crippen LogP contribution in [0.2, 0.25) is 0 Å². The first-order valence-electron chi connectivity index (χ1n) is 14.5. The molecule has 4 aliphatic rings. The van der Waals surface area contributed by atoms with Crippen molar-refractivity contribution in [3.05, 3.63) is 143 Å². The fourth-order valence-corrected chi connectivity index (χ4v) is 8.35. The summed E-state index contributed by atoms with van der Waals surface area (Å²) in [6.07, 6.45) is -1.16. The topological polar surface area (TPSA) is 80.8 Å². The predicted octanol–water partition coefficient (Wildman–Crippen LogP) is 6.01. The second-order valence-corrected chi connectivity index (χ2v) is 12.7. The minimum atomic E-state index is -1.38. The van der Waals surface area contributed by atoms with Gasteiger partial charge >= 0.3 is 5.97 Å². The van der Waals surface area contributed by atoms with Crippen molar-refractivity contribution in [1.82, 2.24) is 4.90 Å². The number of likely N-dealkylation sites (tertiary alicyclic amines) is 1. The van der Waals surface area contributed by atoms with Crippen molar-refractivity contribution in [3.63, 3.8) is 0 Å². The summed E-state index contributed by atoms with van der Waals surface area (Å²) < 4.78 is 5.71. The largest absolute Gasteiger partial charge is 0.453 e. The number of hydrogen-bond donors (Lipinski definition) is 0. The van der Waals surface area contributed by atoms with Gasteiger partial charge in [0.15, 0.2) is 6.10 Å². The Morgan fingerprint density at radius 3 is 1.57 bits per heavy atom. The molecular weight excluding hydrogens is 597 g/mol. The molecule has 0 aromatic heterocycles. The van der Waals surface area contributed by atoms with Gasteiger partial charge in [0, 0.05) is 12.0 Å². The first-order chi connectivity index (χ1) is 21.2. The van der Waals surface area contributed by atoms with E-state index in [1.807, 2.05) is 66.7 Å². The number of imide groups is 1. The molecular formula is C36H27Cl2NO5. The number of esters is 1. The summed E-state index contributed by atoms with van der Waals surface area (Å²) in [4.78, 5) is 54.4. The molecule has 0 saturated carbocycles. The first-order valence-corrected chi connectivity index (χ1v) is 15.2. The third kappa shape index (κ3) is 3.94. The number of nitrogens with zero attached hydrogens (tertiary/aromatic N) is 1. The Kier molecular flexibility index (Phi) is 6.76. The normalized spacial score (nSPS) is 25.9. The van der Waals surface area contributed by atoms with Crippen LogP contribution in [0.4, 0.5) is 0 Å². The van der Waals surface area contributed by atoms with Crippen LogP contribution in [0.3, 0.4) is 0 Å². The summed E-state index contributed by atoms with van der Waals surface area (Å²) in [5.74, 6) is -4.57. The van der Waals surface area contributed by atoms with Gasteiger partial charge in [0.05, 0.1) is 11.8 Å². The number of carbonyl (C=O) groups is 4. The van der Waals surface area contributed by atoms with E-state index in [2.05, 4.69) is 0 Å². The molecule has 2 bridgehead atoms. The maximum atomic E-state index is 14.6. The van der Waals surface area contributed by atoms with Crippen LogP contribution in [0.25, 0.3) is 0 Å². The molecule has 0 spiro atoms. The number of carbonyl (C=O) groups excluding carboxylic acids is 4. The van der Waals surface area contributed by atoms with E-state index in [1.165, 1.54) is 6.92 Å². The molecule has 4 atom stereocenters. The van der Waals surface area contributed by atoms with Crippen molar-refractivity contribution in [1.29, 1.82) is 0 Å². The molecule has 220 valence electrons. The zero-order valence-corrected chi connectivity index (χ0v) is 25.2. The van der Waals surface area contributed by atoms with Crippen LogP contribution in [-0.4, -0.2) is 40.6 Å². The fourth-order valence-electron chi connectivity index (χ4n) is 7.26. The van der Waals surface area contributed by atoms with Gasteiger partial charge in [-0.3, -0.25) is 19.3 Å². The van der Waals surface area contributed by atoms with Crippen molar-refractivity contribution in [3.8, 4) is 0 Å². The molecule has 44 heavy (non-hydrogen) atoms. The lowest BCUT2D eigenvalue weighted by Crippen LogP contribution is -2.57. The minimum Gasteiger partial charge on any atom is -0.453 e. The van der Waals surface area contributed by atoms with Crippen LogP contribution in [0.15, 0.2) is 109 Å². The van der Waals surface area contributed by atoms with E-state index >= 15 is 0 Å². The predicted molar refractivity (Wildman–Crippen MR) is 165 cm³/mol. The minimum absolute atomic E-state index is 0.00664. The van der Waals surface area contributed by atoms with Crippen molar-refractivity contribution >= 4 is 46.8 Å². The highest BCUT2D eigenvalue weighted by atomic mass is 35.5. The molecule has 1 aliphatic heterocycles. The van der Waals surface area contributed by atoms with Gasteiger partial charge in [-0.1, -0.05) is 109 Å². The standard InChI is InChI=1S/C36H27Cl2NO5/c1-21(31(40)23-14-6-3-7-15-23)44-34(43)28(20-22-12-4-2-5-13-22)39-32(41)29-30(33(39)42)36(38)25-17-9-8-16-24(25)35(29,37)26-18-10-11-19-27(26)36/h2-19,21,28-30H,20H2,1H3/t21-,28-,29-,30-,35?,36?/m0/s1. The monoisotopic (exact) mass is 623 g/mol. The smallest absolute Gasteiger partial charge is 0.330 e. The average molecular weight is 625 g/mol. The van der Waals surface area contributed by atoms with Gasteiger partial charge in [-0.25, -0.2) is 4.79 Å². The van der Waals surface area contributed by atoms with E-state index in [0.717, 1.165) is 4.90 Å². The second kappa shape index (κ2) is 10.4. The molecule has 6 nitrogen and oxygen atoms in total. The summed E-state index contributed by atoms with van der Waals surface area (Å²) >= 11 is 15.1. The number of hydrogen-bond acceptors (Lipinski definition) is 5. The van der Waals surface area contributed by atoms with Crippen LogP contribution < -0.4 is 0 Å². The zero-order chi connectivity index (χ0) is 30.8. The van der Waals surface area contributed by atoms with Gasteiger partial charge in [0.2, 0.25) is 17.6 Å². The molecule has 8 heteroatoms. The van der Waals surface area contributed by atoms with E-state index in [-0.39, 0.29) is 6.42 Å². The molecule has 4 aromatic rings. The van der Waals surface area contributed by atoms with Gasteiger partial charge in [-0.05, 0) is 34.7 Å². The number of benzene rings is 4. The Hall–Kier alpha value is -4.26. The SMILES string of the molecule is C[C@H](OC(=O)[C@H](Cc1ccccc1)N1C(=O)[C@@H]2[C@@H](C1=O)C1(Cl)c3ccccc3C2(Cl)c2ccccc21)C(=O)c1ccccc1. The lowest BCUT2D eigenvalue weighted by molar-refractivity contribution is -0.160. The highest BCUT2D eigenvalue weighted by Crippen LogP contribution is 2.69. The van der Waals surface area contributed by atoms with Crippen molar-refractivity contribution in [2.75, 3.05) is 0 Å². The van der Waals surface area contributed by atoms with Crippen LogP contribution in [0, 0.1) is 11.8 Å². The molecule has 0 N–H and O–H groups in total. The molecule has 1 saturated heterocycles. The Balaban J connectivity index is 1.31. The third-order valence-corrected chi connectivity index (χ3v) is 10.5. The Bertz CT molecular complexity index is 1700. The summed E-state index contributed by atoms with van der Waals surface area (Å²) in [5, 5.41) is 0. The summed E-state index contributed by atoms with van der Waals surface area (Å²) in [7, 11) is 0. The number of Topliss-reactive ketones (excluding diaryl/α,β-unsaturated/α-hetero) is 1. The summed E-state index contributed by atoms with van der Waals surface area (Å²) in [5.41, 5.74) is 3.77. The van der Waals surface area contributed by atoms with Gasteiger partial charge < -0.3 is 4.74 Å². The molecule has 8 rings (SSSR count). The first kappa shape index (κ1) is 28.5. The quantitative estimate of drug-likeness (QED) is 0.109. The van der Waals surface area contributed by atoms with Crippen molar-refractivity contribution in [2.24, 2.45) is 11.8 Å². The van der Waals surface area contributed by atoms with Crippen LogP contribution in [0.5, 0.6) is 0 Å². The maximum Gasteiger partial charge on any atom is 0.330 e. The lowest BCUT2D eigenvalue weighted by atomic mass is 9.54. The summed E-state index contributed by atoms with van der Waals surface area (Å²) in [6, 6.07) is 30.9. The van der Waals surface area contributed by atoms with Crippen molar-refractivity contribution in [2.45, 2.75) is 35.2 Å². The van der Waals surface area contributed by atoms with E-state index in [9.17, 15) is 19.2 Å². The number of ketones is 1. The molecule has 0 unspecified atom stereocenters. The lowest BCUT2D eigenvalue weighted by Gasteiger charge is -2.54. The Morgan fingerprint density at radius 2 is 1.11 bits per heavy atom. The number of ether oxygens (including phenoxy) is 1. The number of amides is 2. The van der Waals surface area contributed by atoms with E-state index in [4.69, 9.17) is 27.9 Å². The third-order valence-electron chi connectivity index (χ3n) is 9.20. The van der Waals surface area contributed by atoms with Gasteiger partial charge in [-0.15, -0.1) is 23.2 Å². The Labute approximate surface area is 264 Å². The summed E-state index contributed by atoms with van der Waals surface area (Å²) in [6.45, 7) is 1.48. The highest BCUT2D eigenvalue weighted by molar-refractivity contribution is 6.36. The molecule has 3 aliphatic carbocycles. The van der Waals surface area contributed by atoms with E-state index in [0.29, 0.717) is 33.4 Å². The van der Waals surface area contributed by atoms with E-state index < -0.39 is 57.3 Å². The molecule has 4 aromatic carbocycles. The highest BCUT2D eigenvalue weighted by Gasteiger charge is 2.73. The average Bonchev–Trinajstić information content (AvgIpc) is 3.33. The Morgan fingerprint density at radius 1 is 0.705 bits per heavy atom.